The fourth-order valence-corrected chi connectivity index (χ4v) is 3.13. The minimum atomic E-state index is -0.294. The number of hydrogen-bond donors (Lipinski definition) is 1. The van der Waals surface area contributed by atoms with Crippen molar-refractivity contribution >= 4 is 11.6 Å². The Balaban J connectivity index is 2.35. The van der Waals surface area contributed by atoms with Crippen LogP contribution in [0.15, 0.2) is 11.3 Å². The van der Waals surface area contributed by atoms with Gasteiger partial charge in [-0.2, -0.15) is 5.10 Å². The van der Waals surface area contributed by atoms with Crippen molar-refractivity contribution in [3.05, 3.63) is 22.6 Å². The van der Waals surface area contributed by atoms with Crippen molar-refractivity contribution in [1.29, 1.82) is 0 Å². The molecule has 1 heterocycles. The first kappa shape index (κ1) is 16.3. The van der Waals surface area contributed by atoms with Gasteiger partial charge in [-0.15, -0.1) is 0 Å². The number of ketones is 2. The summed E-state index contributed by atoms with van der Waals surface area (Å²) in [4.78, 5) is 24.6. The van der Waals surface area contributed by atoms with Crippen LogP contribution in [-0.4, -0.2) is 33.6 Å². The summed E-state index contributed by atoms with van der Waals surface area (Å²) < 4.78 is 6.96. The molecule has 1 aromatic heterocycles. The van der Waals surface area contributed by atoms with Crippen molar-refractivity contribution in [3.63, 3.8) is 0 Å². The number of carbonyl (C=O) groups excluding carboxylic acids is 2. The Morgan fingerprint density at radius 1 is 1.36 bits per heavy atom. The van der Waals surface area contributed by atoms with Crippen LogP contribution in [0.5, 0.6) is 5.88 Å². The molecule has 2 rings (SSSR count). The zero-order chi connectivity index (χ0) is 16.4. The van der Waals surface area contributed by atoms with Crippen LogP contribution in [0.2, 0.25) is 0 Å². The van der Waals surface area contributed by atoms with Gasteiger partial charge in [0.1, 0.15) is 5.76 Å². The fourth-order valence-electron chi connectivity index (χ4n) is 3.13. The van der Waals surface area contributed by atoms with Gasteiger partial charge in [-0.3, -0.25) is 9.59 Å². The number of ether oxygens (including phenoxy) is 1. The van der Waals surface area contributed by atoms with E-state index in [1.54, 1.807) is 18.8 Å². The molecule has 0 amide bonds. The second-order valence-electron chi connectivity index (χ2n) is 5.66. The summed E-state index contributed by atoms with van der Waals surface area (Å²) in [6.07, 6.45) is 1.43. The third-order valence-electron chi connectivity index (χ3n) is 4.01. The molecule has 1 aliphatic rings. The number of aromatic nitrogens is 2. The maximum absolute atomic E-state index is 12.3. The van der Waals surface area contributed by atoms with Gasteiger partial charge in [0, 0.05) is 37.8 Å². The predicted molar refractivity (Wildman–Crippen MR) is 81.0 cm³/mol. The molecule has 0 aliphatic heterocycles. The molecule has 0 spiro atoms. The lowest BCUT2D eigenvalue weighted by Crippen LogP contribution is -2.26. The van der Waals surface area contributed by atoms with Crippen molar-refractivity contribution in [2.75, 3.05) is 7.11 Å². The topological polar surface area (TPSA) is 81.4 Å². The zero-order valence-electron chi connectivity index (χ0n) is 13.5. The number of rotatable bonds is 4. The Morgan fingerprint density at radius 2 is 1.95 bits per heavy atom. The van der Waals surface area contributed by atoms with Gasteiger partial charge in [-0.05, 0) is 13.3 Å². The van der Waals surface area contributed by atoms with E-state index in [1.165, 1.54) is 0 Å². The van der Waals surface area contributed by atoms with Gasteiger partial charge in [0.15, 0.2) is 11.6 Å². The van der Waals surface area contributed by atoms with E-state index in [4.69, 9.17) is 4.74 Å². The van der Waals surface area contributed by atoms with E-state index >= 15 is 0 Å². The van der Waals surface area contributed by atoms with Gasteiger partial charge in [0.2, 0.25) is 5.88 Å². The lowest BCUT2D eigenvalue weighted by atomic mass is 9.79. The normalized spacial score (nSPS) is 18.7. The number of aliphatic hydroxyl groups is 1. The second kappa shape index (κ2) is 6.34. The molecule has 120 valence electrons. The number of carbonyl (C=O) groups is 2. The van der Waals surface area contributed by atoms with E-state index < -0.39 is 0 Å². The van der Waals surface area contributed by atoms with Gasteiger partial charge in [-0.1, -0.05) is 6.92 Å². The van der Waals surface area contributed by atoms with Crippen LogP contribution in [0.1, 0.15) is 49.8 Å². The third-order valence-corrected chi connectivity index (χ3v) is 4.01. The van der Waals surface area contributed by atoms with E-state index in [0.29, 0.717) is 18.7 Å². The summed E-state index contributed by atoms with van der Waals surface area (Å²) in [5.74, 6) is -0.337. The largest absolute Gasteiger partial charge is 0.511 e. The van der Waals surface area contributed by atoms with E-state index in [9.17, 15) is 14.7 Å². The van der Waals surface area contributed by atoms with E-state index in [0.717, 1.165) is 11.3 Å². The maximum atomic E-state index is 12.3. The highest BCUT2D eigenvalue weighted by Crippen LogP contribution is 2.38. The molecule has 0 radical (unpaired) electrons. The highest BCUT2D eigenvalue weighted by Gasteiger charge is 2.36. The lowest BCUT2D eigenvalue weighted by molar-refractivity contribution is -0.124. The van der Waals surface area contributed by atoms with Crippen LogP contribution in [0.3, 0.4) is 0 Å². The van der Waals surface area contributed by atoms with Crippen LogP contribution in [0.4, 0.5) is 0 Å². The fraction of sp³-hybridized carbons (Fsp3) is 0.562. The predicted octanol–water partition coefficient (Wildman–Crippen LogP) is 2.36. The summed E-state index contributed by atoms with van der Waals surface area (Å²) >= 11 is 0. The number of methoxy groups -OCH3 is 1. The second-order valence-corrected chi connectivity index (χ2v) is 5.66. The molecule has 22 heavy (non-hydrogen) atoms. The summed E-state index contributed by atoms with van der Waals surface area (Å²) in [6.45, 7) is 3.73. The van der Waals surface area contributed by atoms with Crippen LogP contribution >= 0.6 is 0 Å². The molecule has 1 aromatic rings. The van der Waals surface area contributed by atoms with Gasteiger partial charge in [-0.25, -0.2) is 4.68 Å². The molecule has 1 N–H and O–H groups in total. The molecule has 0 atom stereocenters. The van der Waals surface area contributed by atoms with Crippen molar-refractivity contribution in [2.45, 2.75) is 45.4 Å². The van der Waals surface area contributed by atoms with Gasteiger partial charge in [0.05, 0.1) is 18.4 Å². The van der Waals surface area contributed by atoms with Crippen LogP contribution in [0, 0.1) is 6.92 Å². The first-order valence-corrected chi connectivity index (χ1v) is 7.46. The summed E-state index contributed by atoms with van der Waals surface area (Å²) in [5, 5.41) is 14.2. The van der Waals surface area contributed by atoms with Crippen LogP contribution in [0.25, 0.3) is 0 Å². The lowest BCUT2D eigenvalue weighted by Gasteiger charge is -2.23. The maximum Gasteiger partial charge on any atom is 0.215 e. The van der Waals surface area contributed by atoms with Gasteiger partial charge in [0.25, 0.3) is 0 Å². The van der Waals surface area contributed by atoms with Crippen molar-refractivity contribution in [2.24, 2.45) is 7.05 Å². The van der Waals surface area contributed by atoms with Crippen LogP contribution in [-0.2, 0) is 16.6 Å². The molecule has 0 saturated heterocycles. The summed E-state index contributed by atoms with van der Waals surface area (Å²) in [6, 6.07) is 0. The monoisotopic (exact) mass is 306 g/mol. The molecular weight excluding hydrogens is 284 g/mol. The van der Waals surface area contributed by atoms with Crippen LogP contribution < -0.4 is 4.74 Å². The minimum Gasteiger partial charge on any atom is -0.511 e. The molecule has 0 bridgehead atoms. The van der Waals surface area contributed by atoms with E-state index in [2.05, 4.69) is 5.10 Å². The number of hydrogen-bond acceptors (Lipinski definition) is 5. The zero-order valence-corrected chi connectivity index (χ0v) is 13.5. The molecule has 1 saturated carbocycles. The number of aliphatic hydroxyl groups excluding tert-OH is 1. The van der Waals surface area contributed by atoms with Gasteiger partial charge >= 0.3 is 0 Å². The van der Waals surface area contributed by atoms with Gasteiger partial charge < -0.3 is 9.84 Å². The number of nitrogens with zero attached hydrogens (tertiary/aromatic N) is 2. The molecule has 0 unspecified atom stereocenters. The van der Waals surface area contributed by atoms with E-state index in [-0.39, 0.29) is 41.7 Å². The number of aryl methyl sites for hydroxylation is 2. The first-order chi connectivity index (χ1) is 10.4. The van der Waals surface area contributed by atoms with Crippen molar-refractivity contribution in [3.8, 4) is 5.88 Å². The molecule has 1 aliphatic carbocycles. The third kappa shape index (κ3) is 2.77. The molecule has 6 heteroatoms. The highest BCUT2D eigenvalue weighted by molar-refractivity contribution is 6.22. The molecule has 1 fully saturated rings. The average molecular weight is 306 g/mol. The SMILES string of the molecule is CCCC(O)=C1C(=O)CC(c2c(C)nn(C)c2OC)CC1=O. The summed E-state index contributed by atoms with van der Waals surface area (Å²) in [5.41, 5.74) is 1.55. The first-order valence-electron chi connectivity index (χ1n) is 7.46. The number of Topliss-reactive ketones (excluding diaryl/α,β-unsaturated/α-hetero) is 2. The summed E-state index contributed by atoms with van der Waals surface area (Å²) in [7, 11) is 3.31. The number of allylic oxidation sites excluding steroid dienone is 2. The quantitative estimate of drug-likeness (QED) is 0.524. The van der Waals surface area contributed by atoms with Crippen molar-refractivity contribution < 1.29 is 19.4 Å². The Hall–Kier alpha value is -2.11. The molecule has 0 aromatic carbocycles. The molecule has 6 nitrogen and oxygen atoms in total. The standard InChI is InChI=1S/C16H22N2O4/c1-5-6-11(19)15-12(20)7-10(8-13(15)21)14-9(2)17-18(3)16(14)22-4/h10,19H,5-8H2,1-4H3. The minimum absolute atomic E-state index is 0.0152. The smallest absolute Gasteiger partial charge is 0.215 e. The Morgan fingerprint density at radius 3 is 2.45 bits per heavy atom. The highest BCUT2D eigenvalue weighted by atomic mass is 16.5. The Labute approximate surface area is 129 Å². The van der Waals surface area contributed by atoms with Crippen molar-refractivity contribution in [1.82, 2.24) is 9.78 Å². The Kier molecular flexibility index (Phi) is 4.68. The average Bonchev–Trinajstić information content (AvgIpc) is 2.72. The Bertz CT molecular complexity index is 623. The molecular formula is C16H22N2O4. The van der Waals surface area contributed by atoms with E-state index in [1.807, 2.05) is 13.8 Å².